The van der Waals surface area contributed by atoms with Gasteiger partial charge in [0.2, 0.25) is 5.91 Å². The molecule has 118 valence electrons. The Balaban J connectivity index is 2.52. The van der Waals surface area contributed by atoms with Crippen molar-refractivity contribution < 1.29 is 9.59 Å². The van der Waals surface area contributed by atoms with Crippen molar-refractivity contribution in [2.24, 2.45) is 5.92 Å². The molecule has 0 aliphatic rings. The van der Waals surface area contributed by atoms with Gasteiger partial charge in [0.25, 0.3) is 5.91 Å². The summed E-state index contributed by atoms with van der Waals surface area (Å²) in [4.78, 5) is 27.8. The SMILES string of the molecule is CCCNC(=O)CNC(=O)c1sc(NCC(C)C)nc1N. The minimum absolute atomic E-state index is 0.0646. The van der Waals surface area contributed by atoms with Crippen molar-refractivity contribution in [3.8, 4) is 0 Å². The number of hydrogen-bond donors (Lipinski definition) is 4. The van der Waals surface area contributed by atoms with Crippen molar-refractivity contribution in [3.05, 3.63) is 4.88 Å². The summed E-state index contributed by atoms with van der Waals surface area (Å²) in [6.07, 6.45) is 0.854. The van der Waals surface area contributed by atoms with Crippen LogP contribution in [-0.4, -0.2) is 36.4 Å². The number of hydrogen-bond acceptors (Lipinski definition) is 6. The molecule has 0 aliphatic heterocycles. The van der Waals surface area contributed by atoms with Crippen LogP contribution in [0.4, 0.5) is 10.9 Å². The van der Waals surface area contributed by atoms with E-state index in [-0.39, 0.29) is 24.2 Å². The third-order valence-corrected chi connectivity index (χ3v) is 3.53. The first kappa shape index (κ1) is 17.2. The van der Waals surface area contributed by atoms with E-state index in [1.54, 1.807) is 0 Å². The van der Waals surface area contributed by atoms with E-state index >= 15 is 0 Å². The second-order valence-electron chi connectivity index (χ2n) is 5.04. The van der Waals surface area contributed by atoms with Crippen molar-refractivity contribution in [2.75, 3.05) is 30.7 Å². The van der Waals surface area contributed by atoms with Crippen LogP contribution in [0.5, 0.6) is 0 Å². The Labute approximate surface area is 128 Å². The van der Waals surface area contributed by atoms with Gasteiger partial charge in [0, 0.05) is 13.1 Å². The van der Waals surface area contributed by atoms with Gasteiger partial charge in [0.1, 0.15) is 10.7 Å². The fourth-order valence-electron chi connectivity index (χ4n) is 1.43. The van der Waals surface area contributed by atoms with Crippen LogP contribution in [0.25, 0.3) is 0 Å². The van der Waals surface area contributed by atoms with Crippen LogP contribution >= 0.6 is 11.3 Å². The number of nitrogen functional groups attached to an aromatic ring is 1. The number of carbonyl (C=O) groups is 2. The number of aromatic nitrogens is 1. The van der Waals surface area contributed by atoms with E-state index in [2.05, 4.69) is 34.8 Å². The molecule has 1 heterocycles. The van der Waals surface area contributed by atoms with Crippen LogP contribution in [0.2, 0.25) is 0 Å². The molecule has 1 rings (SSSR count). The number of amides is 2. The van der Waals surface area contributed by atoms with Gasteiger partial charge in [-0.2, -0.15) is 0 Å². The summed E-state index contributed by atoms with van der Waals surface area (Å²) in [7, 11) is 0. The van der Waals surface area contributed by atoms with E-state index in [1.165, 1.54) is 11.3 Å². The Hall–Kier alpha value is -1.83. The average Bonchev–Trinajstić information content (AvgIpc) is 2.81. The molecule has 0 aromatic carbocycles. The largest absolute Gasteiger partial charge is 0.382 e. The molecule has 0 aliphatic carbocycles. The highest BCUT2D eigenvalue weighted by Gasteiger charge is 2.16. The Morgan fingerprint density at radius 1 is 1.33 bits per heavy atom. The molecule has 0 spiro atoms. The van der Waals surface area contributed by atoms with Crippen molar-refractivity contribution in [1.29, 1.82) is 0 Å². The first-order valence-corrected chi connectivity index (χ1v) is 7.80. The minimum atomic E-state index is -0.380. The van der Waals surface area contributed by atoms with Gasteiger partial charge in [0.15, 0.2) is 5.13 Å². The second-order valence-corrected chi connectivity index (χ2v) is 6.04. The maximum atomic E-state index is 12.0. The fourth-order valence-corrected chi connectivity index (χ4v) is 2.24. The molecular formula is C13H23N5O2S. The van der Waals surface area contributed by atoms with Crippen molar-refractivity contribution >= 4 is 34.1 Å². The van der Waals surface area contributed by atoms with Gasteiger partial charge in [-0.1, -0.05) is 32.1 Å². The number of nitrogens with zero attached hydrogens (tertiary/aromatic N) is 1. The van der Waals surface area contributed by atoms with E-state index in [1.807, 2.05) is 6.92 Å². The van der Waals surface area contributed by atoms with Crippen molar-refractivity contribution in [2.45, 2.75) is 27.2 Å². The van der Waals surface area contributed by atoms with Crippen LogP contribution < -0.4 is 21.7 Å². The Kier molecular flexibility index (Phi) is 6.93. The summed E-state index contributed by atoms with van der Waals surface area (Å²) in [5.41, 5.74) is 5.73. The summed E-state index contributed by atoms with van der Waals surface area (Å²) < 4.78 is 0. The zero-order chi connectivity index (χ0) is 15.8. The first-order valence-electron chi connectivity index (χ1n) is 6.99. The lowest BCUT2D eigenvalue weighted by molar-refractivity contribution is -0.120. The molecule has 0 fully saturated rings. The number of nitrogens with two attached hydrogens (primary N) is 1. The van der Waals surface area contributed by atoms with Crippen LogP contribution in [-0.2, 0) is 4.79 Å². The smallest absolute Gasteiger partial charge is 0.265 e. The third-order valence-electron chi connectivity index (χ3n) is 2.50. The Morgan fingerprint density at radius 2 is 2.05 bits per heavy atom. The summed E-state index contributed by atoms with van der Waals surface area (Å²) in [5.74, 6) is 0.0491. The molecule has 0 radical (unpaired) electrons. The van der Waals surface area contributed by atoms with Gasteiger partial charge in [-0.05, 0) is 12.3 Å². The monoisotopic (exact) mass is 313 g/mol. The average molecular weight is 313 g/mol. The molecule has 5 N–H and O–H groups in total. The highest BCUT2D eigenvalue weighted by atomic mass is 32.1. The third kappa shape index (κ3) is 5.99. The molecule has 0 atom stereocenters. The van der Waals surface area contributed by atoms with Crippen LogP contribution in [0.1, 0.15) is 36.9 Å². The summed E-state index contributed by atoms with van der Waals surface area (Å²) >= 11 is 1.19. The molecule has 0 bridgehead atoms. The van der Waals surface area contributed by atoms with E-state index in [4.69, 9.17) is 5.73 Å². The van der Waals surface area contributed by atoms with Gasteiger partial charge in [0.05, 0.1) is 6.54 Å². The lowest BCUT2D eigenvalue weighted by Crippen LogP contribution is -2.37. The summed E-state index contributed by atoms with van der Waals surface area (Å²) in [6, 6.07) is 0. The van der Waals surface area contributed by atoms with Gasteiger partial charge < -0.3 is 21.7 Å². The first-order chi connectivity index (χ1) is 9.93. The topological polar surface area (TPSA) is 109 Å². The number of rotatable bonds is 8. The number of thiazole rings is 1. The fraction of sp³-hybridized carbons (Fsp3) is 0.615. The van der Waals surface area contributed by atoms with Crippen molar-refractivity contribution in [1.82, 2.24) is 15.6 Å². The number of nitrogens with one attached hydrogen (secondary N) is 3. The lowest BCUT2D eigenvalue weighted by Gasteiger charge is -2.05. The normalized spacial score (nSPS) is 10.5. The van der Waals surface area contributed by atoms with Crippen LogP contribution in [0, 0.1) is 5.92 Å². The molecule has 8 heteroatoms. The molecule has 1 aromatic rings. The van der Waals surface area contributed by atoms with Crippen LogP contribution in [0.3, 0.4) is 0 Å². The summed E-state index contributed by atoms with van der Waals surface area (Å²) in [6.45, 7) is 7.40. The zero-order valence-electron chi connectivity index (χ0n) is 12.7. The molecular weight excluding hydrogens is 290 g/mol. The molecule has 0 saturated carbocycles. The predicted octanol–water partition coefficient (Wildman–Crippen LogP) is 1.05. The van der Waals surface area contributed by atoms with Gasteiger partial charge in [-0.25, -0.2) is 4.98 Å². The molecule has 0 unspecified atom stereocenters. The second kappa shape index (κ2) is 8.46. The molecule has 2 amide bonds. The predicted molar refractivity (Wildman–Crippen MR) is 85.5 cm³/mol. The zero-order valence-corrected chi connectivity index (χ0v) is 13.5. The standard InChI is InChI=1S/C13H23N5O2S/c1-4-5-15-9(19)7-16-12(20)10-11(14)18-13(21-10)17-6-8(2)3/h8H,4-7,14H2,1-3H3,(H,15,19)(H,16,20)(H,17,18). The quantitative estimate of drug-likeness (QED) is 0.573. The van der Waals surface area contributed by atoms with Gasteiger partial charge in [-0.3, -0.25) is 9.59 Å². The minimum Gasteiger partial charge on any atom is -0.382 e. The Bertz CT molecular complexity index is 487. The molecule has 0 saturated heterocycles. The van der Waals surface area contributed by atoms with Crippen molar-refractivity contribution in [3.63, 3.8) is 0 Å². The molecule has 7 nitrogen and oxygen atoms in total. The van der Waals surface area contributed by atoms with Gasteiger partial charge >= 0.3 is 0 Å². The number of carbonyl (C=O) groups excluding carboxylic acids is 2. The van der Waals surface area contributed by atoms with E-state index in [0.717, 1.165) is 13.0 Å². The number of anilines is 2. The highest BCUT2D eigenvalue weighted by molar-refractivity contribution is 7.18. The Morgan fingerprint density at radius 3 is 2.67 bits per heavy atom. The van der Waals surface area contributed by atoms with E-state index in [9.17, 15) is 9.59 Å². The van der Waals surface area contributed by atoms with E-state index < -0.39 is 0 Å². The van der Waals surface area contributed by atoms with Gasteiger partial charge in [-0.15, -0.1) is 0 Å². The highest BCUT2D eigenvalue weighted by Crippen LogP contribution is 2.24. The van der Waals surface area contributed by atoms with E-state index in [0.29, 0.717) is 22.5 Å². The lowest BCUT2D eigenvalue weighted by atomic mass is 10.2. The maximum Gasteiger partial charge on any atom is 0.265 e. The summed E-state index contributed by atoms with van der Waals surface area (Å²) in [5, 5.41) is 8.95. The molecule has 1 aromatic heterocycles. The van der Waals surface area contributed by atoms with Crippen LogP contribution in [0.15, 0.2) is 0 Å². The molecule has 21 heavy (non-hydrogen) atoms. The maximum absolute atomic E-state index is 12.0.